The van der Waals surface area contributed by atoms with Gasteiger partial charge in [-0.25, -0.2) is 17.9 Å². The number of sulfonamides is 1. The maximum Gasteiger partial charge on any atom is 0.573 e. The summed E-state index contributed by atoms with van der Waals surface area (Å²) in [7, 11) is -4.12. The minimum absolute atomic E-state index is 0.261. The number of alkyl halides is 3. The van der Waals surface area contributed by atoms with Crippen LogP contribution in [0.4, 0.5) is 18.0 Å². The molecule has 0 aliphatic carbocycles. The average Bonchev–Trinajstić information content (AvgIpc) is 2.64. The first kappa shape index (κ1) is 25.5. The van der Waals surface area contributed by atoms with Crippen LogP contribution in [0.1, 0.15) is 39.3 Å². The number of hydrogen-bond acceptors (Lipinski definition) is 5. The molecule has 2 N–H and O–H groups in total. The molecule has 0 aromatic heterocycles. The summed E-state index contributed by atoms with van der Waals surface area (Å²) in [5.74, 6) is -0.543. The summed E-state index contributed by atoms with van der Waals surface area (Å²) < 4.78 is 73.9. The molecule has 0 fully saturated rings. The number of ether oxygens (including phenoxy) is 2. The van der Waals surface area contributed by atoms with Gasteiger partial charge in [-0.2, -0.15) is 0 Å². The highest BCUT2D eigenvalue weighted by Gasteiger charge is 2.32. The van der Waals surface area contributed by atoms with Crippen molar-refractivity contribution >= 4 is 16.1 Å². The fourth-order valence-electron chi connectivity index (χ4n) is 2.79. The van der Waals surface area contributed by atoms with E-state index in [-0.39, 0.29) is 4.90 Å². The van der Waals surface area contributed by atoms with Crippen LogP contribution in [0, 0.1) is 0 Å². The number of nitrogens with one attached hydrogen (secondary N) is 2. The highest BCUT2D eigenvalue weighted by atomic mass is 32.2. The highest BCUT2D eigenvalue weighted by Crippen LogP contribution is 2.25. The third kappa shape index (κ3) is 8.04. The van der Waals surface area contributed by atoms with Gasteiger partial charge in [0.15, 0.2) is 0 Å². The molecule has 0 saturated heterocycles. The number of alkyl carbamates (subject to hydrolysis) is 1. The molecular weight excluding hydrogens is 449 g/mol. The molecule has 2 unspecified atom stereocenters. The molecule has 2 aromatic rings. The average molecular weight is 475 g/mol. The van der Waals surface area contributed by atoms with Crippen LogP contribution in [-0.2, 0) is 14.8 Å². The minimum atomic E-state index is -4.89. The smallest absolute Gasteiger partial charge is 0.444 e. The second kappa shape index (κ2) is 9.78. The first-order valence-electron chi connectivity index (χ1n) is 9.59. The van der Waals surface area contributed by atoms with Crippen molar-refractivity contribution < 1.29 is 35.9 Å². The maximum atomic E-state index is 12.8. The summed E-state index contributed by atoms with van der Waals surface area (Å²) in [6.07, 6.45) is -5.62. The van der Waals surface area contributed by atoms with Crippen LogP contribution in [0.15, 0.2) is 59.5 Å². The van der Waals surface area contributed by atoms with Crippen LogP contribution >= 0.6 is 0 Å². The van der Waals surface area contributed by atoms with Crippen LogP contribution in [0.2, 0.25) is 0 Å². The normalized spacial score (nSPS) is 14.3. The predicted molar refractivity (Wildman–Crippen MR) is 111 cm³/mol. The Morgan fingerprint density at radius 3 is 2.03 bits per heavy atom. The monoisotopic (exact) mass is 474 g/mol. The Hall–Kier alpha value is -2.79. The van der Waals surface area contributed by atoms with Crippen LogP contribution < -0.4 is 14.8 Å². The lowest BCUT2D eigenvalue weighted by atomic mass is 10.0. The molecule has 32 heavy (non-hydrogen) atoms. The predicted octanol–water partition coefficient (Wildman–Crippen LogP) is 4.52. The summed E-state index contributed by atoms with van der Waals surface area (Å²) in [6.45, 7) is 6.64. The number of rotatable bonds is 7. The molecule has 7 nitrogen and oxygen atoms in total. The molecule has 0 radical (unpaired) electrons. The number of carbonyl (C=O) groups is 1. The topological polar surface area (TPSA) is 93.7 Å². The second-order valence-electron chi connectivity index (χ2n) is 7.96. The molecule has 0 aliphatic heterocycles. The van der Waals surface area contributed by atoms with Gasteiger partial charge in [0, 0.05) is 6.04 Å². The summed E-state index contributed by atoms with van der Waals surface area (Å²) >= 11 is 0. The van der Waals surface area contributed by atoms with Crippen LogP contribution in [0.3, 0.4) is 0 Å². The number of hydrogen-bond donors (Lipinski definition) is 2. The van der Waals surface area contributed by atoms with Crippen LogP contribution in [0.25, 0.3) is 0 Å². The van der Waals surface area contributed by atoms with Crippen molar-refractivity contribution in [3.05, 3.63) is 60.2 Å². The van der Waals surface area contributed by atoms with E-state index in [1.54, 1.807) is 58.0 Å². The van der Waals surface area contributed by atoms with Crippen molar-refractivity contribution in [2.45, 2.75) is 56.6 Å². The van der Waals surface area contributed by atoms with E-state index in [0.29, 0.717) is 5.56 Å². The first-order chi connectivity index (χ1) is 14.7. The lowest BCUT2D eigenvalue weighted by Gasteiger charge is -2.28. The fourth-order valence-corrected chi connectivity index (χ4v) is 4.05. The van der Waals surface area contributed by atoms with Gasteiger partial charge in [-0.3, -0.25) is 0 Å². The lowest BCUT2D eigenvalue weighted by Crippen LogP contribution is -2.45. The maximum absolute atomic E-state index is 12.8. The molecule has 2 atom stereocenters. The molecule has 2 rings (SSSR count). The Bertz CT molecular complexity index is 1000. The van der Waals surface area contributed by atoms with Crippen LogP contribution in [-0.4, -0.2) is 32.5 Å². The van der Waals surface area contributed by atoms with Gasteiger partial charge in [-0.15, -0.1) is 13.2 Å². The summed E-state index contributed by atoms with van der Waals surface area (Å²) in [6, 6.07) is 10.9. The molecular formula is C21H25F3N2O5S. The first-order valence-corrected chi connectivity index (χ1v) is 11.1. The largest absolute Gasteiger partial charge is 0.573 e. The summed E-state index contributed by atoms with van der Waals surface area (Å²) in [5.41, 5.74) is -0.128. The quantitative estimate of drug-likeness (QED) is 0.616. The fraction of sp³-hybridized carbons (Fsp3) is 0.381. The third-order valence-corrected chi connectivity index (χ3v) is 5.61. The van der Waals surface area contributed by atoms with Gasteiger partial charge in [0.2, 0.25) is 10.0 Å². The van der Waals surface area contributed by atoms with E-state index >= 15 is 0 Å². The van der Waals surface area contributed by atoms with Gasteiger partial charge < -0.3 is 14.8 Å². The van der Waals surface area contributed by atoms with Gasteiger partial charge in [-0.1, -0.05) is 30.3 Å². The molecule has 11 heteroatoms. The lowest BCUT2D eigenvalue weighted by molar-refractivity contribution is -0.274. The van der Waals surface area contributed by atoms with Gasteiger partial charge in [0.05, 0.1) is 10.9 Å². The Kier molecular flexibility index (Phi) is 7.79. The number of benzene rings is 2. The molecule has 0 bridgehead atoms. The molecule has 0 heterocycles. The summed E-state index contributed by atoms with van der Waals surface area (Å²) in [5, 5.41) is 2.67. The third-order valence-electron chi connectivity index (χ3n) is 4.04. The van der Waals surface area contributed by atoms with E-state index in [1.807, 2.05) is 0 Å². The molecule has 176 valence electrons. The number of carbonyl (C=O) groups excluding carboxylic acids is 1. The van der Waals surface area contributed by atoms with Crippen molar-refractivity contribution in [2.75, 3.05) is 0 Å². The van der Waals surface area contributed by atoms with Crippen molar-refractivity contribution in [1.29, 1.82) is 0 Å². The molecule has 0 spiro atoms. The SMILES string of the molecule is CC(NS(=O)(=O)c1ccc(OC(F)(F)F)cc1)C(NC(=O)OC(C)(C)C)c1ccccc1. The standard InChI is InChI=1S/C21H25F3N2O5S/c1-14(18(15-8-6-5-7-9-15)25-19(27)31-20(2,3)4)26-32(28,29)17-12-10-16(11-13-17)30-21(22,23)24/h5-14,18,26H,1-4H3,(H,25,27). The highest BCUT2D eigenvalue weighted by molar-refractivity contribution is 7.89. The molecule has 0 saturated carbocycles. The van der Waals surface area contributed by atoms with E-state index in [1.165, 1.54) is 0 Å². The van der Waals surface area contributed by atoms with Crippen molar-refractivity contribution in [1.82, 2.24) is 10.0 Å². The number of amides is 1. The Morgan fingerprint density at radius 2 is 1.53 bits per heavy atom. The molecule has 1 amide bonds. The van der Waals surface area contributed by atoms with Gasteiger partial charge in [0.1, 0.15) is 11.4 Å². The van der Waals surface area contributed by atoms with E-state index in [9.17, 15) is 26.4 Å². The van der Waals surface area contributed by atoms with Crippen LogP contribution in [0.5, 0.6) is 5.75 Å². The molecule has 2 aromatic carbocycles. The van der Waals surface area contributed by atoms with E-state index < -0.39 is 45.9 Å². The van der Waals surface area contributed by atoms with Gasteiger partial charge in [0.25, 0.3) is 0 Å². The minimum Gasteiger partial charge on any atom is -0.444 e. The van der Waals surface area contributed by atoms with E-state index in [4.69, 9.17) is 4.74 Å². The van der Waals surface area contributed by atoms with Crippen molar-refractivity contribution in [2.24, 2.45) is 0 Å². The zero-order chi connectivity index (χ0) is 24.2. The molecule has 0 aliphatic rings. The zero-order valence-corrected chi connectivity index (χ0v) is 18.8. The number of halogens is 3. The Balaban J connectivity index is 2.22. The van der Waals surface area contributed by atoms with E-state index in [2.05, 4.69) is 14.8 Å². The Morgan fingerprint density at radius 1 is 0.969 bits per heavy atom. The Labute approximate surface area is 185 Å². The van der Waals surface area contributed by atoms with Crippen molar-refractivity contribution in [3.63, 3.8) is 0 Å². The second-order valence-corrected chi connectivity index (χ2v) is 9.68. The van der Waals surface area contributed by atoms with Crippen molar-refractivity contribution in [3.8, 4) is 5.75 Å². The summed E-state index contributed by atoms with van der Waals surface area (Å²) in [4.78, 5) is 12.1. The van der Waals surface area contributed by atoms with E-state index in [0.717, 1.165) is 24.3 Å². The van der Waals surface area contributed by atoms with Gasteiger partial charge >= 0.3 is 12.5 Å². The zero-order valence-electron chi connectivity index (χ0n) is 17.9. The van der Waals surface area contributed by atoms with Gasteiger partial charge in [-0.05, 0) is 57.5 Å².